The normalized spacial score (nSPS) is 15.6. The van der Waals surface area contributed by atoms with Gasteiger partial charge in [-0.1, -0.05) is 36.7 Å². The second-order valence-electron chi connectivity index (χ2n) is 6.87. The second-order valence-corrected chi connectivity index (χ2v) is 7.31. The molecular formula is C22H22ClN3O3. The summed E-state index contributed by atoms with van der Waals surface area (Å²) in [6.45, 7) is 2.62. The molecule has 0 fully saturated rings. The monoisotopic (exact) mass is 411 g/mol. The molecule has 1 atom stereocenters. The van der Waals surface area contributed by atoms with Crippen LogP contribution in [0.5, 0.6) is 11.5 Å². The van der Waals surface area contributed by atoms with Crippen molar-refractivity contribution < 1.29 is 14.3 Å². The van der Waals surface area contributed by atoms with Gasteiger partial charge in [-0.15, -0.1) is 0 Å². The molecule has 1 aliphatic heterocycles. The Labute approximate surface area is 174 Å². The highest BCUT2D eigenvalue weighted by atomic mass is 35.5. The van der Waals surface area contributed by atoms with Gasteiger partial charge >= 0.3 is 0 Å². The highest BCUT2D eigenvalue weighted by molar-refractivity contribution is 6.30. The zero-order valence-electron chi connectivity index (χ0n) is 16.3. The molecule has 0 bridgehead atoms. The molecule has 0 radical (unpaired) electrons. The molecule has 7 heteroatoms. The van der Waals surface area contributed by atoms with Gasteiger partial charge in [-0.2, -0.15) is 5.10 Å². The van der Waals surface area contributed by atoms with E-state index in [0.717, 1.165) is 23.2 Å². The van der Waals surface area contributed by atoms with Gasteiger partial charge in [0, 0.05) is 28.5 Å². The van der Waals surface area contributed by atoms with Crippen molar-refractivity contribution in [2.24, 2.45) is 0 Å². The lowest BCUT2D eigenvalue weighted by Gasteiger charge is -2.26. The number of anilines is 1. The number of methoxy groups -OCH3 is 1. The van der Waals surface area contributed by atoms with E-state index in [1.165, 1.54) is 0 Å². The van der Waals surface area contributed by atoms with E-state index in [4.69, 9.17) is 21.1 Å². The third-order valence-electron chi connectivity index (χ3n) is 4.93. The van der Waals surface area contributed by atoms with Crippen LogP contribution >= 0.6 is 11.6 Å². The van der Waals surface area contributed by atoms with E-state index in [-0.39, 0.29) is 11.8 Å². The Kier molecular flexibility index (Phi) is 5.45. The highest BCUT2D eigenvalue weighted by Gasteiger charge is 2.33. The molecule has 150 valence electrons. The number of nitrogens with zero attached hydrogens (tertiary/aromatic N) is 2. The summed E-state index contributed by atoms with van der Waals surface area (Å²) >= 11 is 6.14. The SMILES string of the molecule is CCCOc1c(OC)cccc1C1CC(=O)Nc2c1cnn2-c1cccc(Cl)c1. The van der Waals surface area contributed by atoms with Crippen LogP contribution in [0.15, 0.2) is 48.7 Å². The summed E-state index contributed by atoms with van der Waals surface area (Å²) in [5.74, 6) is 1.73. The van der Waals surface area contributed by atoms with Crippen LogP contribution in [-0.2, 0) is 4.79 Å². The van der Waals surface area contributed by atoms with Crippen molar-refractivity contribution in [2.75, 3.05) is 19.0 Å². The van der Waals surface area contributed by atoms with E-state index in [1.54, 1.807) is 24.1 Å². The topological polar surface area (TPSA) is 65.4 Å². The van der Waals surface area contributed by atoms with Gasteiger partial charge in [0.25, 0.3) is 0 Å². The maximum atomic E-state index is 12.6. The van der Waals surface area contributed by atoms with E-state index in [2.05, 4.69) is 17.3 Å². The van der Waals surface area contributed by atoms with Crippen molar-refractivity contribution in [1.29, 1.82) is 0 Å². The van der Waals surface area contributed by atoms with Crippen LogP contribution in [0.25, 0.3) is 5.69 Å². The molecule has 1 unspecified atom stereocenters. The van der Waals surface area contributed by atoms with Gasteiger partial charge in [0.05, 0.1) is 25.6 Å². The van der Waals surface area contributed by atoms with Crippen molar-refractivity contribution in [1.82, 2.24) is 9.78 Å². The van der Waals surface area contributed by atoms with Crippen LogP contribution in [0.1, 0.15) is 36.8 Å². The van der Waals surface area contributed by atoms with E-state index < -0.39 is 0 Å². The predicted molar refractivity (Wildman–Crippen MR) is 112 cm³/mol. The molecular weight excluding hydrogens is 390 g/mol. The summed E-state index contributed by atoms with van der Waals surface area (Å²) in [5.41, 5.74) is 2.63. The number of benzene rings is 2. The molecule has 1 aliphatic rings. The molecule has 0 saturated heterocycles. The molecule has 0 saturated carbocycles. The Hall–Kier alpha value is -2.99. The summed E-state index contributed by atoms with van der Waals surface area (Å²) in [5, 5.41) is 8.09. The minimum atomic E-state index is -0.186. The number of carbonyl (C=O) groups is 1. The number of para-hydroxylation sites is 1. The molecule has 4 rings (SSSR count). The van der Waals surface area contributed by atoms with E-state index >= 15 is 0 Å². The van der Waals surface area contributed by atoms with Gasteiger partial charge in [0.2, 0.25) is 5.91 Å². The number of hydrogen-bond donors (Lipinski definition) is 1. The molecule has 3 aromatic rings. The van der Waals surface area contributed by atoms with Crippen molar-refractivity contribution >= 4 is 23.3 Å². The average molecular weight is 412 g/mol. The first-order valence-electron chi connectivity index (χ1n) is 9.55. The molecule has 0 spiro atoms. The third-order valence-corrected chi connectivity index (χ3v) is 5.16. The molecule has 6 nitrogen and oxygen atoms in total. The van der Waals surface area contributed by atoms with Gasteiger partial charge in [0.15, 0.2) is 11.5 Å². The number of nitrogens with one attached hydrogen (secondary N) is 1. The summed E-state index contributed by atoms with van der Waals surface area (Å²) < 4.78 is 13.2. The maximum Gasteiger partial charge on any atom is 0.226 e. The molecule has 1 aromatic heterocycles. The molecule has 2 heterocycles. The summed E-state index contributed by atoms with van der Waals surface area (Å²) in [6, 6.07) is 13.1. The zero-order chi connectivity index (χ0) is 20.4. The van der Waals surface area contributed by atoms with Crippen LogP contribution in [0.3, 0.4) is 0 Å². The highest BCUT2D eigenvalue weighted by Crippen LogP contribution is 2.44. The maximum absolute atomic E-state index is 12.6. The minimum absolute atomic E-state index is 0.0736. The fourth-order valence-electron chi connectivity index (χ4n) is 3.63. The fraction of sp³-hybridized carbons (Fsp3) is 0.273. The summed E-state index contributed by atoms with van der Waals surface area (Å²) in [7, 11) is 1.62. The largest absolute Gasteiger partial charge is 0.493 e. The summed E-state index contributed by atoms with van der Waals surface area (Å²) in [6.07, 6.45) is 2.98. The average Bonchev–Trinajstić information content (AvgIpc) is 3.15. The molecule has 1 N–H and O–H groups in total. The Balaban J connectivity index is 1.82. The smallest absolute Gasteiger partial charge is 0.226 e. The Bertz CT molecular complexity index is 1050. The lowest BCUT2D eigenvalue weighted by atomic mass is 9.86. The van der Waals surface area contributed by atoms with Crippen LogP contribution in [0, 0.1) is 0 Å². The summed E-state index contributed by atoms with van der Waals surface area (Å²) in [4.78, 5) is 12.6. The molecule has 0 aliphatic carbocycles. The van der Waals surface area contributed by atoms with Crippen LogP contribution < -0.4 is 14.8 Å². The lowest BCUT2D eigenvalue weighted by Crippen LogP contribution is -2.25. The van der Waals surface area contributed by atoms with E-state index in [0.29, 0.717) is 35.4 Å². The van der Waals surface area contributed by atoms with Crippen molar-refractivity contribution in [2.45, 2.75) is 25.7 Å². The molecule has 2 aromatic carbocycles. The quantitative estimate of drug-likeness (QED) is 0.632. The molecule has 29 heavy (non-hydrogen) atoms. The van der Waals surface area contributed by atoms with Crippen molar-refractivity contribution in [3.8, 4) is 17.2 Å². The van der Waals surface area contributed by atoms with Gasteiger partial charge in [-0.05, 0) is 30.7 Å². The Morgan fingerprint density at radius 3 is 2.83 bits per heavy atom. The predicted octanol–water partition coefficient (Wildman–Crippen LogP) is 4.80. The number of ether oxygens (including phenoxy) is 2. The first-order chi connectivity index (χ1) is 14.1. The third kappa shape index (κ3) is 3.68. The number of halogens is 1. The van der Waals surface area contributed by atoms with Crippen LogP contribution in [0.2, 0.25) is 5.02 Å². The first-order valence-corrected chi connectivity index (χ1v) is 9.93. The van der Waals surface area contributed by atoms with Crippen LogP contribution in [-0.4, -0.2) is 29.4 Å². The van der Waals surface area contributed by atoms with Gasteiger partial charge in [-0.3, -0.25) is 4.79 Å². The van der Waals surface area contributed by atoms with E-state index in [1.807, 2.05) is 36.4 Å². The number of rotatable bonds is 6. The number of fused-ring (bicyclic) bond motifs is 1. The minimum Gasteiger partial charge on any atom is -0.493 e. The number of aromatic nitrogens is 2. The van der Waals surface area contributed by atoms with Gasteiger partial charge in [0.1, 0.15) is 5.82 Å². The second kappa shape index (κ2) is 8.17. The Morgan fingerprint density at radius 2 is 2.07 bits per heavy atom. The first kappa shape index (κ1) is 19.3. The van der Waals surface area contributed by atoms with Crippen LogP contribution in [0.4, 0.5) is 5.82 Å². The number of hydrogen-bond acceptors (Lipinski definition) is 4. The number of amides is 1. The molecule has 1 amide bonds. The van der Waals surface area contributed by atoms with Gasteiger partial charge < -0.3 is 14.8 Å². The van der Waals surface area contributed by atoms with E-state index in [9.17, 15) is 4.79 Å². The Morgan fingerprint density at radius 1 is 1.24 bits per heavy atom. The zero-order valence-corrected chi connectivity index (χ0v) is 17.1. The van der Waals surface area contributed by atoms with Gasteiger partial charge in [-0.25, -0.2) is 4.68 Å². The number of carbonyl (C=O) groups excluding carboxylic acids is 1. The lowest BCUT2D eigenvalue weighted by molar-refractivity contribution is -0.116. The fourth-order valence-corrected chi connectivity index (χ4v) is 3.81. The van der Waals surface area contributed by atoms with Crippen molar-refractivity contribution in [3.05, 3.63) is 64.8 Å². The standard InChI is InChI=1S/C22H22ClN3O3/c1-3-10-29-21-16(8-5-9-19(21)28-2)17-12-20(27)25-22-18(17)13-24-26(22)15-7-4-6-14(23)11-15/h4-9,11,13,17H,3,10,12H2,1-2H3,(H,25,27). The van der Waals surface area contributed by atoms with Crippen molar-refractivity contribution in [3.63, 3.8) is 0 Å².